The van der Waals surface area contributed by atoms with Gasteiger partial charge in [-0.25, -0.2) is 0 Å². The monoisotopic (exact) mass is 450 g/mol. The summed E-state index contributed by atoms with van der Waals surface area (Å²) in [7, 11) is 0. The Bertz CT molecular complexity index is 1080. The van der Waals surface area contributed by atoms with Crippen LogP contribution in [0.2, 0.25) is 0 Å². The molecule has 0 saturated heterocycles. The average Bonchev–Trinajstić information content (AvgIpc) is 3.42. The summed E-state index contributed by atoms with van der Waals surface area (Å²) in [6, 6.07) is 13.7. The van der Waals surface area contributed by atoms with Gasteiger partial charge in [-0.2, -0.15) is 11.8 Å². The first kappa shape index (κ1) is 22.5. The fraction of sp³-hybridized carbons (Fsp3) is 0.440. The Labute approximate surface area is 193 Å². The third-order valence-electron chi connectivity index (χ3n) is 6.37. The van der Waals surface area contributed by atoms with E-state index in [1.54, 1.807) is 11.8 Å². The molecular formula is C25H30N4O2S. The minimum atomic E-state index is -0.284. The molecule has 1 amide bonds. The van der Waals surface area contributed by atoms with Gasteiger partial charge in [-0.05, 0) is 67.9 Å². The SMILES string of the molecule is CSCC[C@H](NC(=O)[C@H](C)c1ccc(C[C@H]2CCCC2=O)cc1)c1nnc2ccccn12. The molecule has 7 heteroatoms. The number of Topliss-reactive ketones (excluding diaryl/α,β-unsaturated/α-hetero) is 1. The van der Waals surface area contributed by atoms with E-state index < -0.39 is 0 Å². The topological polar surface area (TPSA) is 76.4 Å². The smallest absolute Gasteiger partial charge is 0.227 e. The van der Waals surface area contributed by atoms with Crippen molar-refractivity contribution < 1.29 is 9.59 Å². The van der Waals surface area contributed by atoms with Crippen molar-refractivity contribution in [2.75, 3.05) is 12.0 Å². The van der Waals surface area contributed by atoms with Crippen molar-refractivity contribution in [2.24, 2.45) is 5.92 Å². The van der Waals surface area contributed by atoms with Crippen LogP contribution in [-0.4, -0.2) is 38.3 Å². The van der Waals surface area contributed by atoms with Crippen LogP contribution < -0.4 is 5.32 Å². The van der Waals surface area contributed by atoms with Gasteiger partial charge >= 0.3 is 0 Å². The van der Waals surface area contributed by atoms with Gasteiger partial charge < -0.3 is 5.32 Å². The van der Waals surface area contributed by atoms with Gasteiger partial charge in [-0.3, -0.25) is 14.0 Å². The number of nitrogens with one attached hydrogen (secondary N) is 1. The average molecular weight is 451 g/mol. The minimum Gasteiger partial charge on any atom is -0.346 e. The first-order valence-electron chi connectivity index (χ1n) is 11.3. The predicted octanol–water partition coefficient (Wildman–Crippen LogP) is 4.36. The zero-order valence-electron chi connectivity index (χ0n) is 18.7. The van der Waals surface area contributed by atoms with Gasteiger partial charge in [0, 0.05) is 18.5 Å². The highest BCUT2D eigenvalue weighted by atomic mass is 32.2. The number of rotatable bonds is 9. The second-order valence-electron chi connectivity index (χ2n) is 8.55. The maximum Gasteiger partial charge on any atom is 0.227 e. The van der Waals surface area contributed by atoms with Crippen molar-refractivity contribution in [1.29, 1.82) is 0 Å². The van der Waals surface area contributed by atoms with Crippen LogP contribution in [0.25, 0.3) is 5.65 Å². The molecule has 6 nitrogen and oxygen atoms in total. The van der Waals surface area contributed by atoms with Crippen molar-refractivity contribution in [3.8, 4) is 0 Å². The summed E-state index contributed by atoms with van der Waals surface area (Å²) in [4.78, 5) is 25.1. The lowest BCUT2D eigenvalue weighted by Gasteiger charge is -2.20. The van der Waals surface area contributed by atoms with E-state index in [2.05, 4.69) is 33.9 Å². The minimum absolute atomic E-state index is 0.0255. The molecular weight excluding hydrogens is 420 g/mol. The first-order valence-corrected chi connectivity index (χ1v) is 12.7. The van der Waals surface area contributed by atoms with Gasteiger partial charge in [0.15, 0.2) is 11.5 Å². The highest BCUT2D eigenvalue weighted by Gasteiger charge is 2.25. The molecule has 0 spiro atoms. The summed E-state index contributed by atoms with van der Waals surface area (Å²) < 4.78 is 1.94. The first-order chi connectivity index (χ1) is 15.6. The molecule has 1 aromatic carbocycles. The Kier molecular flexibility index (Phi) is 7.25. The lowest BCUT2D eigenvalue weighted by atomic mass is 9.94. The lowest BCUT2D eigenvalue weighted by Crippen LogP contribution is -2.33. The molecule has 1 saturated carbocycles. The lowest BCUT2D eigenvalue weighted by molar-refractivity contribution is -0.123. The second kappa shape index (κ2) is 10.3. The summed E-state index contributed by atoms with van der Waals surface area (Å²) >= 11 is 1.75. The Hall–Kier alpha value is -2.67. The van der Waals surface area contributed by atoms with Gasteiger partial charge in [0.2, 0.25) is 5.91 Å². The van der Waals surface area contributed by atoms with Crippen molar-refractivity contribution in [2.45, 2.75) is 51.0 Å². The van der Waals surface area contributed by atoms with Crippen LogP contribution in [0, 0.1) is 5.92 Å². The van der Waals surface area contributed by atoms with Crippen molar-refractivity contribution >= 4 is 29.1 Å². The molecule has 168 valence electrons. The number of benzene rings is 1. The maximum absolute atomic E-state index is 13.1. The van der Waals surface area contributed by atoms with Crippen molar-refractivity contribution in [1.82, 2.24) is 19.9 Å². The number of ketones is 1. The second-order valence-corrected chi connectivity index (χ2v) is 9.54. The largest absolute Gasteiger partial charge is 0.346 e. The summed E-state index contributed by atoms with van der Waals surface area (Å²) in [5.41, 5.74) is 2.91. The normalized spacial score (nSPS) is 18.1. The molecule has 2 heterocycles. The zero-order chi connectivity index (χ0) is 22.5. The molecule has 2 aromatic heterocycles. The number of hydrogen-bond donors (Lipinski definition) is 1. The highest BCUT2D eigenvalue weighted by molar-refractivity contribution is 7.98. The predicted molar refractivity (Wildman–Crippen MR) is 128 cm³/mol. The van der Waals surface area contributed by atoms with Crippen LogP contribution in [0.15, 0.2) is 48.7 Å². The molecule has 1 N–H and O–H groups in total. The Morgan fingerprint density at radius 2 is 2.03 bits per heavy atom. The number of thioether (sulfide) groups is 1. The molecule has 0 unspecified atom stereocenters. The molecule has 4 rings (SSSR count). The molecule has 0 bridgehead atoms. The molecule has 0 aliphatic heterocycles. The molecule has 0 radical (unpaired) electrons. The number of hydrogen-bond acceptors (Lipinski definition) is 5. The molecule has 3 atom stereocenters. The Balaban J connectivity index is 1.45. The van der Waals surface area contributed by atoms with E-state index in [4.69, 9.17) is 0 Å². The summed E-state index contributed by atoms with van der Waals surface area (Å²) in [5, 5.41) is 11.8. The van der Waals surface area contributed by atoms with Crippen molar-refractivity contribution in [3.05, 3.63) is 65.6 Å². The number of carbonyl (C=O) groups is 2. The number of aromatic nitrogens is 3. The molecule has 32 heavy (non-hydrogen) atoms. The van der Waals surface area contributed by atoms with E-state index in [1.807, 2.05) is 47.9 Å². The van der Waals surface area contributed by atoms with Gasteiger partial charge in [0.1, 0.15) is 5.78 Å². The number of amides is 1. The Morgan fingerprint density at radius 3 is 2.75 bits per heavy atom. The van der Waals surface area contributed by atoms with E-state index in [9.17, 15) is 9.59 Å². The van der Waals surface area contributed by atoms with Crippen LogP contribution in [0.4, 0.5) is 0 Å². The number of pyridine rings is 1. The molecule has 3 aromatic rings. The number of fused-ring (bicyclic) bond motifs is 1. The summed E-state index contributed by atoms with van der Waals surface area (Å²) in [6.07, 6.45) is 8.30. The van der Waals surface area contributed by atoms with E-state index in [1.165, 1.54) is 0 Å². The van der Waals surface area contributed by atoms with Crippen LogP contribution in [0.1, 0.15) is 61.5 Å². The van der Waals surface area contributed by atoms with Crippen LogP contribution in [0.3, 0.4) is 0 Å². The zero-order valence-corrected chi connectivity index (χ0v) is 19.5. The van der Waals surface area contributed by atoms with Gasteiger partial charge in [0.05, 0.1) is 12.0 Å². The highest BCUT2D eigenvalue weighted by Crippen LogP contribution is 2.26. The van der Waals surface area contributed by atoms with E-state index in [0.29, 0.717) is 5.78 Å². The van der Waals surface area contributed by atoms with Crippen molar-refractivity contribution in [3.63, 3.8) is 0 Å². The van der Waals surface area contributed by atoms with E-state index in [-0.39, 0.29) is 23.8 Å². The summed E-state index contributed by atoms with van der Waals surface area (Å²) in [6.45, 7) is 1.93. The van der Waals surface area contributed by atoms with Crippen LogP contribution >= 0.6 is 11.8 Å². The van der Waals surface area contributed by atoms with Gasteiger partial charge in [0.25, 0.3) is 0 Å². The maximum atomic E-state index is 13.1. The third kappa shape index (κ3) is 5.04. The fourth-order valence-electron chi connectivity index (χ4n) is 4.38. The molecule has 1 aliphatic rings. The Morgan fingerprint density at radius 1 is 1.22 bits per heavy atom. The standard InChI is InChI=1S/C25H30N4O2S/c1-17(19-11-9-18(10-12-19)16-20-6-5-7-22(20)30)25(31)26-21(13-15-32-2)24-28-27-23-8-3-4-14-29(23)24/h3-4,8-12,14,17,20-21H,5-7,13,15-16H2,1-2H3,(H,26,31)/t17-,20-,21+/m1/s1. The van der Waals surface area contributed by atoms with Crippen LogP contribution in [-0.2, 0) is 16.0 Å². The fourth-order valence-corrected chi connectivity index (χ4v) is 4.85. The number of nitrogens with zero attached hydrogens (tertiary/aromatic N) is 3. The van der Waals surface area contributed by atoms with Crippen LogP contribution in [0.5, 0.6) is 0 Å². The van der Waals surface area contributed by atoms with E-state index >= 15 is 0 Å². The van der Waals surface area contributed by atoms with E-state index in [0.717, 1.165) is 60.5 Å². The number of carbonyl (C=O) groups excluding carboxylic acids is 2. The molecule has 1 fully saturated rings. The quantitative estimate of drug-likeness (QED) is 0.524. The van der Waals surface area contributed by atoms with Gasteiger partial charge in [-0.15, -0.1) is 10.2 Å². The third-order valence-corrected chi connectivity index (χ3v) is 7.01. The molecule has 1 aliphatic carbocycles. The van der Waals surface area contributed by atoms with Gasteiger partial charge in [-0.1, -0.05) is 30.3 Å². The summed E-state index contributed by atoms with van der Waals surface area (Å²) in [5.74, 6) is 1.91.